The lowest BCUT2D eigenvalue weighted by atomic mass is 10.1. The molecule has 132 valence electrons. The quantitative estimate of drug-likeness (QED) is 0.927. The standard InChI is InChI=1S/C19H24N4O2/c1-13-6-4-5-7-18(13)23-14(2)17(11-21-23)19(25)20-10-16-8-9-22(12-16)15(3)24/h4-7,11,16H,8-10,12H2,1-3H3,(H,20,25)/t16-/m0/s1. The number of carbonyl (C=O) groups is 2. The van der Waals surface area contributed by atoms with Crippen LogP contribution in [0.1, 0.15) is 35.0 Å². The van der Waals surface area contributed by atoms with E-state index in [0.717, 1.165) is 36.5 Å². The van der Waals surface area contributed by atoms with Crippen LogP contribution in [0.2, 0.25) is 0 Å². The fourth-order valence-electron chi connectivity index (χ4n) is 3.29. The molecule has 0 saturated carbocycles. The van der Waals surface area contributed by atoms with Crippen molar-refractivity contribution >= 4 is 11.8 Å². The molecule has 1 aliphatic heterocycles. The molecule has 3 rings (SSSR count). The lowest BCUT2D eigenvalue weighted by Crippen LogP contribution is -2.32. The highest BCUT2D eigenvalue weighted by atomic mass is 16.2. The van der Waals surface area contributed by atoms with E-state index in [1.165, 1.54) is 0 Å². The minimum absolute atomic E-state index is 0.101. The third-order valence-corrected chi connectivity index (χ3v) is 4.88. The number of carbonyl (C=O) groups excluding carboxylic acids is 2. The van der Waals surface area contributed by atoms with Gasteiger partial charge in [0.2, 0.25) is 5.91 Å². The van der Waals surface area contributed by atoms with Gasteiger partial charge in [0.25, 0.3) is 5.91 Å². The van der Waals surface area contributed by atoms with Gasteiger partial charge in [0.1, 0.15) is 0 Å². The molecular weight excluding hydrogens is 316 g/mol. The lowest BCUT2D eigenvalue weighted by molar-refractivity contribution is -0.127. The predicted molar refractivity (Wildman–Crippen MR) is 95.7 cm³/mol. The molecule has 0 radical (unpaired) electrons. The van der Waals surface area contributed by atoms with Gasteiger partial charge in [-0.2, -0.15) is 5.10 Å². The Morgan fingerprint density at radius 1 is 1.28 bits per heavy atom. The van der Waals surface area contributed by atoms with Crippen LogP contribution in [0.3, 0.4) is 0 Å². The third kappa shape index (κ3) is 3.57. The van der Waals surface area contributed by atoms with Gasteiger partial charge in [-0.15, -0.1) is 0 Å². The van der Waals surface area contributed by atoms with E-state index in [2.05, 4.69) is 10.4 Å². The number of para-hydroxylation sites is 1. The Morgan fingerprint density at radius 3 is 2.72 bits per heavy atom. The first kappa shape index (κ1) is 17.2. The Bertz CT molecular complexity index is 796. The molecule has 25 heavy (non-hydrogen) atoms. The zero-order valence-electron chi connectivity index (χ0n) is 15.0. The van der Waals surface area contributed by atoms with Gasteiger partial charge in [0.15, 0.2) is 0 Å². The van der Waals surface area contributed by atoms with E-state index in [1.54, 1.807) is 17.8 Å². The number of rotatable bonds is 4. The van der Waals surface area contributed by atoms with Crippen LogP contribution < -0.4 is 5.32 Å². The summed E-state index contributed by atoms with van der Waals surface area (Å²) >= 11 is 0. The second-order valence-corrected chi connectivity index (χ2v) is 6.67. The third-order valence-electron chi connectivity index (χ3n) is 4.88. The number of nitrogens with one attached hydrogen (secondary N) is 1. The molecule has 1 saturated heterocycles. The summed E-state index contributed by atoms with van der Waals surface area (Å²) in [5, 5.41) is 7.38. The van der Waals surface area contributed by atoms with Crippen LogP contribution >= 0.6 is 0 Å². The van der Waals surface area contributed by atoms with Crippen LogP contribution in [0, 0.1) is 19.8 Å². The molecule has 0 spiro atoms. The maximum atomic E-state index is 12.5. The topological polar surface area (TPSA) is 67.2 Å². The molecule has 1 aliphatic rings. The van der Waals surface area contributed by atoms with Crippen molar-refractivity contribution in [3.63, 3.8) is 0 Å². The van der Waals surface area contributed by atoms with Crippen LogP contribution in [-0.2, 0) is 4.79 Å². The average molecular weight is 340 g/mol. The van der Waals surface area contributed by atoms with Gasteiger partial charge in [-0.3, -0.25) is 9.59 Å². The number of likely N-dealkylation sites (tertiary alicyclic amines) is 1. The Labute approximate surface area is 147 Å². The Hall–Kier alpha value is -2.63. The van der Waals surface area contributed by atoms with E-state index in [4.69, 9.17) is 0 Å². The van der Waals surface area contributed by atoms with E-state index < -0.39 is 0 Å². The van der Waals surface area contributed by atoms with Gasteiger partial charge in [-0.1, -0.05) is 18.2 Å². The first-order valence-corrected chi connectivity index (χ1v) is 8.61. The zero-order chi connectivity index (χ0) is 18.0. The predicted octanol–water partition coefficient (Wildman–Crippen LogP) is 2.09. The van der Waals surface area contributed by atoms with Gasteiger partial charge in [0, 0.05) is 26.6 Å². The van der Waals surface area contributed by atoms with Crippen LogP contribution in [0.15, 0.2) is 30.5 Å². The van der Waals surface area contributed by atoms with E-state index in [9.17, 15) is 9.59 Å². The number of nitrogens with zero attached hydrogens (tertiary/aromatic N) is 3. The van der Waals surface area contributed by atoms with Crippen molar-refractivity contribution in [2.45, 2.75) is 27.2 Å². The largest absolute Gasteiger partial charge is 0.352 e. The van der Waals surface area contributed by atoms with Crippen molar-refractivity contribution in [2.24, 2.45) is 5.92 Å². The molecule has 1 aromatic heterocycles. The lowest BCUT2D eigenvalue weighted by Gasteiger charge is -2.14. The Morgan fingerprint density at radius 2 is 2.04 bits per heavy atom. The molecule has 1 atom stereocenters. The van der Waals surface area contributed by atoms with Gasteiger partial charge >= 0.3 is 0 Å². The number of amides is 2. The molecule has 1 N–H and O–H groups in total. The van der Waals surface area contributed by atoms with Crippen LogP contribution in [-0.4, -0.2) is 46.1 Å². The number of aromatic nitrogens is 2. The number of benzene rings is 1. The fourth-order valence-corrected chi connectivity index (χ4v) is 3.29. The van der Waals surface area contributed by atoms with Crippen molar-refractivity contribution in [1.82, 2.24) is 20.0 Å². The minimum Gasteiger partial charge on any atom is -0.352 e. The number of hydrogen-bond acceptors (Lipinski definition) is 3. The minimum atomic E-state index is -0.112. The summed E-state index contributed by atoms with van der Waals surface area (Å²) < 4.78 is 1.80. The molecule has 1 aromatic carbocycles. The summed E-state index contributed by atoms with van der Waals surface area (Å²) in [5.74, 6) is 0.308. The Balaban J connectivity index is 1.66. The van der Waals surface area contributed by atoms with Crippen molar-refractivity contribution < 1.29 is 9.59 Å². The molecule has 2 amide bonds. The summed E-state index contributed by atoms with van der Waals surface area (Å²) in [6, 6.07) is 7.96. The molecule has 2 aromatic rings. The summed E-state index contributed by atoms with van der Waals surface area (Å²) in [6.45, 7) is 7.59. The normalized spacial score (nSPS) is 16.9. The molecule has 1 fully saturated rings. The van der Waals surface area contributed by atoms with Crippen LogP contribution in [0.5, 0.6) is 0 Å². The Kier molecular flexibility index (Phi) is 4.88. The van der Waals surface area contributed by atoms with Gasteiger partial charge in [-0.25, -0.2) is 4.68 Å². The smallest absolute Gasteiger partial charge is 0.254 e. The highest BCUT2D eigenvalue weighted by Crippen LogP contribution is 2.18. The summed E-state index contributed by atoms with van der Waals surface area (Å²) in [7, 11) is 0. The zero-order valence-corrected chi connectivity index (χ0v) is 15.0. The highest BCUT2D eigenvalue weighted by Gasteiger charge is 2.25. The van der Waals surface area contributed by atoms with E-state index in [1.807, 2.05) is 43.0 Å². The molecule has 0 unspecified atom stereocenters. The molecule has 6 heteroatoms. The first-order chi connectivity index (χ1) is 12.0. The molecule has 6 nitrogen and oxygen atoms in total. The summed E-state index contributed by atoms with van der Waals surface area (Å²) in [4.78, 5) is 25.7. The van der Waals surface area contributed by atoms with Crippen molar-refractivity contribution in [3.8, 4) is 5.69 Å². The number of aryl methyl sites for hydroxylation is 1. The van der Waals surface area contributed by atoms with Gasteiger partial charge in [-0.05, 0) is 37.8 Å². The first-order valence-electron chi connectivity index (χ1n) is 8.61. The van der Waals surface area contributed by atoms with Gasteiger partial charge < -0.3 is 10.2 Å². The van der Waals surface area contributed by atoms with Crippen molar-refractivity contribution in [1.29, 1.82) is 0 Å². The molecule has 2 heterocycles. The highest BCUT2D eigenvalue weighted by molar-refractivity contribution is 5.95. The molecular formula is C19H24N4O2. The monoisotopic (exact) mass is 340 g/mol. The summed E-state index contributed by atoms with van der Waals surface area (Å²) in [6.07, 6.45) is 2.55. The second kappa shape index (κ2) is 7.09. The van der Waals surface area contributed by atoms with Gasteiger partial charge in [0.05, 0.1) is 23.1 Å². The molecule has 0 bridgehead atoms. The van der Waals surface area contributed by atoms with E-state index in [-0.39, 0.29) is 11.8 Å². The second-order valence-electron chi connectivity index (χ2n) is 6.67. The SMILES string of the molecule is CC(=O)N1CC[C@@H](CNC(=O)c2cnn(-c3ccccc3C)c2C)C1. The maximum absolute atomic E-state index is 12.5. The van der Waals surface area contributed by atoms with Crippen LogP contribution in [0.4, 0.5) is 0 Å². The molecule has 0 aliphatic carbocycles. The summed E-state index contributed by atoms with van der Waals surface area (Å²) in [5.41, 5.74) is 3.50. The fraction of sp³-hybridized carbons (Fsp3) is 0.421. The average Bonchev–Trinajstić information content (AvgIpc) is 3.20. The van der Waals surface area contributed by atoms with Crippen molar-refractivity contribution in [3.05, 3.63) is 47.3 Å². The van der Waals surface area contributed by atoms with Crippen molar-refractivity contribution in [2.75, 3.05) is 19.6 Å². The maximum Gasteiger partial charge on any atom is 0.254 e. The van der Waals surface area contributed by atoms with E-state index >= 15 is 0 Å². The van der Waals surface area contributed by atoms with E-state index in [0.29, 0.717) is 18.0 Å². The van der Waals surface area contributed by atoms with Crippen LogP contribution in [0.25, 0.3) is 5.69 Å². The number of hydrogen-bond donors (Lipinski definition) is 1.